The predicted molar refractivity (Wildman–Crippen MR) is 74.9 cm³/mol. The zero-order valence-corrected chi connectivity index (χ0v) is 11.8. The lowest BCUT2D eigenvalue weighted by molar-refractivity contribution is 0.326. The molecule has 3 heteroatoms. The molecule has 1 aromatic carbocycles. The molecule has 0 aromatic heterocycles. The van der Waals surface area contributed by atoms with Crippen LogP contribution in [-0.2, 0) is 0 Å². The Morgan fingerprint density at radius 1 is 1.11 bits per heavy atom. The Labute approximate surface area is 110 Å². The fourth-order valence-electron chi connectivity index (χ4n) is 2.51. The van der Waals surface area contributed by atoms with Gasteiger partial charge in [-0.3, -0.25) is 0 Å². The van der Waals surface area contributed by atoms with Gasteiger partial charge in [0, 0.05) is 23.7 Å². The van der Waals surface area contributed by atoms with Crippen molar-refractivity contribution in [1.82, 2.24) is 5.32 Å². The standard InChI is InChI=1S/C15H25NO2/c1-5-12(6-2)10(3)16-11(4)14-8-7-13(17)9-15(14)18/h7-12,16-18H,5-6H2,1-4H3. The minimum atomic E-state index is 0.0706. The zero-order chi connectivity index (χ0) is 13.7. The third kappa shape index (κ3) is 3.64. The quantitative estimate of drug-likeness (QED) is 0.724. The first-order chi connectivity index (χ1) is 8.49. The fraction of sp³-hybridized carbons (Fsp3) is 0.600. The van der Waals surface area contributed by atoms with Crippen LogP contribution < -0.4 is 5.32 Å². The van der Waals surface area contributed by atoms with Gasteiger partial charge < -0.3 is 15.5 Å². The van der Waals surface area contributed by atoms with Gasteiger partial charge in [-0.2, -0.15) is 0 Å². The second-order valence-corrected chi connectivity index (χ2v) is 5.00. The van der Waals surface area contributed by atoms with Gasteiger partial charge in [-0.15, -0.1) is 0 Å². The molecule has 0 amide bonds. The van der Waals surface area contributed by atoms with E-state index in [1.807, 2.05) is 6.92 Å². The molecule has 3 nitrogen and oxygen atoms in total. The molecule has 18 heavy (non-hydrogen) atoms. The summed E-state index contributed by atoms with van der Waals surface area (Å²) in [5, 5.41) is 22.6. The van der Waals surface area contributed by atoms with Crippen LogP contribution in [0.15, 0.2) is 18.2 Å². The van der Waals surface area contributed by atoms with Gasteiger partial charge in [0.25, 0.3) is 0 Å². The minimum absolute atomic E-state index is 0.0706. The molecule has 102 valence electrons. The van der Waals surface area contributed by atoms with Gasteiger partial charge in [-0.1, -0.05) is 32.8 Å². The Bertz CT molecular complexity index is 375. The minimum Gasteiger partial charge on any atom is -0.508 e. The molecule has 1 rings (SSSR count). The lowest BCUT2D eigenvalue weighted by atomic mass is 9.94. The third-order valence-electron chi connectivity index (χ3n) is 3.75. The first-order valence-corrected chi connectivity index (χ1v) is 6.77. The number of aromatic hydroxyl groups is 2. The molecule has 0 saturated carbocycles. The van der Waals surface area contributed by atoms with Gasteiger partial charge in [0.05, 0.1) is 0 Å². The molecule has 0 aliphatic rings. The molecule has 0 bridgehead atoms. The maximum atomic E-state index is 9.83. The molecule has 1 aromatic rings. The van der Waals surface area contributed by atoms with E-state index in [-0.39, 0.29) is 17.5 Å². The van der Waals surface area contributed by atoms with Crippen LogP contribution in [0.3, 0.4) is 0 Å². The highest BCUT2D eigenvalue weighted by molar-refractivity contribution is 5.40. The normalized spacial score (nSPS) is 14.7. The Morgan fingerprint density at radius 2 is 1.72 bits per heavy atom. The van der Waals surface area contributed by atoms with Crippen molar-refractivity contribution in [3.8, 4) is 11.5 Å². The van der Waals surface area contributed by atoms with Crippen molar-refractivity contribution in [3.63, 3.8) is 0 Å². The summed E-state index contributed by atoms with van der Waals surface area (Å²) in [6.07, 6.45) is 2.30. The topological polar surface area (TPSA) is 52.5 Å². The van der Waals surface area contributed by atoms with E-state index in [9.17, 15) is 10.2 Å². The highest BCUT2D eigenvalue weighted by Gasteiger charge is 2.18. The van der Waals surface area contributed by atoms with E-state index in [0.29, 0.717) is 12.0 Å². The van der Waals surface area contributed by atoms with Crippen molar-refractivity contribution in [1.29, 1.82) is 0 Å². The Hall–Kier alpha value is -1.22. The Kier molecular flexibility index (Phi) is 5.48. The molecule has 2 atom stereocenters. The molecular weight excluding hydrogens is 226 g/mol. The average molecular weight is 251 g/mol. The molecule has 3 N–H and O–H groups in total. The van der Waals surface area contributed by atoms with Crippen LogP contribution in [-0.4, -0.2) is 16.3 Å². The monoisotopic (exact) mass is 251 g/mol. The largest absolute Gasteiger partial charge is 0.508 e. The summed E-state index contributed by atoms with van der Waals surface area (Å²) in [4.78, 5) is 0. The second-order valence-electron chi connectivity index (χ2n) is 5.00. The molecule has 2 unspecified atom stereocenters. The van der Waals surface area contributed by atoms with Gasteiger partial charge in [-0.25, -0.2) is 0 Å². The molecule has 0 aliphatic carbocycles. The zero-order valence-electron chi connectivity index (χ0n) is 11.8. The van der Waals surface area contributed by atoms with Gasteiger partial charge in [-0.05, 0) is 25.8 Å². The number of phenolic OH excluding ortho intramolecular Hbond substituents is 2. The average Bonchev–Trinajstić information content (AvgIpc) is 2.30. The van der Waals surface area contributed by atoms with E-state index >= 15 is 0 Å². The number of rotatable bonds is 6. The number of phenols is 2. The molecule has 0 radical (unpaired) electrons. The van der Waals surface area contributed by atoms with Gasteiger partial charge >= 0.3 is 0 Å². The van der Waals surface area contributed by atoms with Crippen molar-refractivity contribution in [3.05, 3.63) is 23.8 Å². The van der Waals surface area contributed by atoms with Crippen LogP contribution in [0, 0.1) is 5.92 Å². The van der Waals surface area contributed by atoms with Crippen LogP contribution in [0.4, 0.5) is 0 Å². The van der Waals surface area contributed by atoms with E-state index in [0.717, 1.165) is 18.4 Å². The first-order valence-electron chi connectivity index (χ1n) is 6.77. The van der Waals surface area contributed by atoms with Gasteiger partial charge in [0.1, 0.15) is 11.5 Å². The number of hydrogen-bond donors (Lipinski definition) is 3. The van der Waals surface area contributed by atoms with E-state index in [4.69, 9.17) is 0 Å². The van der Waals surface area contributed by atoms with Gasteiger partial charge in [0.15, 0.2) is 0 Å². The summed E-state index contributed by atoms with van der Waals surface area (Å²) in [6.45, 7) is 8.63. The van der Waals surface area contributed by atoms with E-state index in [1.165, 1.54) is 6.07 Å². The lowest BCUT2D eigenvalue weighted by Gasteiger charge is -2.27. The fourth-order valence-corrected chi connectivity index (χ4v) is 2.51. The summed E-state index contributed by atoms with van der Waals surface area (Å²) in [5.41, 5.74) is 0.825. The summed E-state index contributed by atoms with van der Waals surface area (Å²) >= 11 is 0. The second kappa shape index (κ2) is 6.64. The SMILES string of the molecule is CCC(CC)C(C)NC(C)c1ccc(O)cc1O. The van der Waals surface area contributed by atoms with Crippen molar-refractivity contribution in [2.45, 2.75) is 52.6 Å². The lowest BCUT2D eigenvalue weighted by Crippen LogP contribution is -2.35. The summed E-state index contributed by atoms with van der Waals surface area (Å²) in [7, 11) is 0. The molecule has 0 spiro atoms. The molecular formula is C15H25NO2. The van der Waals surface area contributed by atoms with E-state index in [2.05, 4.69) is 26.1 Å². The van der Waals surface area contributed by atoms with Crippen molar-refractivity contribution in [2.75, 3.05) is 0 Å². The molecule has 0 saturated heterocycles. The predicted octanol–water partition coefficient (Wildman–Crippen LogP) is 3.57. The van der Waals surface area contributed by atoms with Crippen LogP contribution in [0.5, 0.6) is 11.5 Å². The summed E-state index contributed by atoms with van der Waals surface area (Å²) in [6, 6.07) is 5.23. The van der Waals surface area contributed by atoms with Crippen molar-refractivity contribution < 1.29 is 10.2 Å². The molecule has 0 heterocycles. The maximum Gasteiger partial charge on any atom is 0.124 e. The van der Waals surface area contributed by atoms with Crippen molar-refractivity contribution in [2.24, 2.45) is 5.92 Å². The van der Waals surface area contributed by atoms with Crippen LogP contribution in [0.2, 0.25) is 0 Å². The number of benzene rings is 1. The highest BCUT2D eigenvalue weighted by Crippen LogP contribution is 2.28. The van der Waals surface area contributed by atoms with Crippen LogP contribution >= 0.6 is 0 Å². The smallest absolute Gasteiger partial charge is 0.124 e. The Balaban J connectivity index is 2.72. The molecule has 0 fully saturated rings. The van der Waals surface area contributed by atoms with Gasteiger partial charge in [0.2, 0.25) is 0 Å². The summed E-state index contributed by atoms with van der Waals surface area (Å²) < 4.78 is 0. The molecule has 0 aliphatic heterocycles. The van der Waals surface area contributed by atoms with Crippen LogP contribution in [0.25, 0.3) is 0 Å². The number of hydrogen-bond acceptors (Lipinski definition) is 3. The van der Waals surface area contributed by atoms with E-state index in [1.54, 1.807) is 12.1 Å². The third-order valence-corrected chi connectivity index (χ3v) is 3.75. The van der Waals surface area contributed by atoms with Crippen LogP contribution in [0.1, 0.15) is 52.1 Å². The Morgan fingerprint density at radius 3 is 2.22 bits per heavy atom. The summed E-state index contributed by atoms with van der Waals surface area (Å²) in [5.74, 6) is 0.884. The number of nitrogens with one attached hydrogen (secondary N) is 1. The van der Waals surface area contributed by atoms with Crippen molar-refractivity contribution >= 4 is 0 Å². The highest BCUT2D eigenvalue weighted by atomic mass is 16.3. The maximum absolute atomic E-state index is 9.83. The van der Waals surface area contributed by atoms with E-state index < -0.39 is 0 Å². The first kappa shape index (κ1) is 14.8.